The highest BCUT2D eigenvalue weighted by atomic mass is 32.2. The molecule has 0 saturated carbocycles. The van der Waals surface area contributed by atoms with Crippen LogP contribution in [0.25, 0.3) is 5.69 Å². The van der Waals surface area contributed by atoms with Gasteiger partial charge in [0.15, 0.2) is 5.16 Å². The van der Waals surface area contributed by atoms with Gasteiger partial charge in [0.25, 0.3) is 0 Å². The summed E-state index contributed by atoms with van der Waals surface area (Å²) in [5.74, 6) is 1.95. The van der Waals surface area contributed by atoms with Crippen molar-refractivity contribution in [1.82, 2.24) is 20.1 Å². The number of hydrogen-bond acceptors (Lipinski definition) is 5. The Morgan fingerprint density at radius 3 is 2.64 bits per heavy atom. The van der Waals surface area contributed by atoms with Crippen LogP contribution in [0.3, 0.4) is 0 Å². The van der Waals surface area contributed by atoms with Gasteiger partial charge in [0, 0.05) is 12.2 Å². The second-order valence-corrected chi connectivity index (χ2v) is 6.71. The standard InChI is InChI=1S/C18H26N4O2S/c1-4-5-6-7-12-19-17(23)13-25-18-21-20-14(2)22(18)15-8-10-16(24-3)11-9-15/h8-11H,4-7,12-13H2,1-3H3,(H,19,23). The molecule has 1 aromatic carbocycles. The number of aromatic nitrogens is 3. The van der Waals surface area contributed by atoms with Crippen LogP contribution in [0, 0.1) is 6.92 Å². The van der Waals surface area contributed by atoms with Gasteiger partial charge in [0.05, 0.1) is 12.9 Å². The number of benzene rings is 1. The van der Waals surface area contributed by atoms with Crippen LogP contribution < -0.4 is 10.1 Å². The maximum absolute atomic E-state index is 12.0. The minimum atomic E-state index is 0.0310. The van der Waals surface area contributed by atoms with Crippen LogP contribution in [0.1, 0.15) is 38.4 Å². The van der Waals surface area contributed by atoms with Gasteiger partial charge in [-0.25, -0.2) is 0 Å². The van der Waals surface area contributed by atoms with Crippen LogP contribution in [0.15, 0.2) is 29.4 Å². The van der Waals surface area contributed by atoms with Gasteiger partial charge < -0.3 is 10.1 Å². The molecule has 0 spiro atoms. The first-order chi connectivity index (χ1) is 12.2. The Morgan fingerprint density at radius 2 is 1.96 bits per heavy atom. The van der Waals surface area contributed by atoms with Crippen LogP contribution in [0.2, 0.25) is 0 Å². The summed E-state index contributed by atoms with van der Waals surface area (Å²) in [6, 6.07) is 7.69. The van der Waals surface area contributed by atoms with E-state index in [2.05, 4.69) is 22.4 Å². The zero-order chi connectivity index (χ0) is 18.1. The molecular weight excluding hydrogens is 336 g/mol. The average Bonchev–Trinajstić information content (AvgIpc) is 3.00. The molecule has 1 aromatic heterocycles. The molecule has 0 unspecified atom stereocenters. The summed E-state index contributed by atoms with van der Waals surface area (Å²) in [6.45, 7) is 4.81. The molecule has 0 aliphatic heterocycles. The number of hydrogen-bond donors (Lipinski definition) is 1. The lowest BCUT2D eigenvalue weighted by Crippen LogP contribution is -2.26. The van der Waals surface area contributed by atoms with Crippen molar-refractivity contribution in [3.63, 3.8) is 0 Å². The van der Waals surface area contributed by atoms with Crippen molar-refractivity contribution < 1.29 is 9.53 Å². The zero-order valence-corrected chi connectivity index (χ0v) is 15.9. The number of nitrogens with one attached hydrogen (secondary N) is 1. The number of amides is 1. The maximum Gasteiger partial charge on any atom is 0.230 e. The van der Waals surface area contributed by atoms with Gasteiger partial charge in [-0.15, -0.1) is 10.2 Å². The molecule has 0 fully saturated rings. The predicted octanol–water partition coefficient (Wildman–Crippen LogP) is 3.37. The number of nitrogens with zero attached hydrogens (tertiary/aromatic N) is 3. The van der Waals surface area contributed by atoms with Crippen LogP contribution in [0.4, 0.5) is 0 Å². The van der Waals surface area contributed by atoms with Crippen molar-refractivity contribution in [3.05, 3.63) is 30.1 Å². The molecule has 0 aliphatic carbocycles. The monoisotopic (exact) mass is 362 g/mol. The van der Waals surface area contributed by atoms with Gasteiger partial charge in [0.2, 0.25) is 5.91 Å². The summed E-state index contributed by atoms with van der Waals surface area (Å²) in [6.07, 6.45) is 4.61. The summed E-state index contributed by atoms with van der Waals surface area (Å²) < 4.78 is 7.13. The molecule has 2 aromatic rings. The Bertz CT molecular complexity index is 670. The van der Waals surface area contributed by atoms with E-state index < -0.39 is 0 Å². The highest BCUT2D eigenvalue weighted by molar-refractivity contribution is 7.99. The van der Waals surface area contributed by atoms with Gasteiger partial charge >= 0.3 is 0 Å². The second kappa shape index (κ2) is 10.1. The normalized spacial score (nSPS) is 10.7. The van der Waals surface area contributed by atoms with Gasteiger partial charge in [-0.1, -0.05) is 37.9 Å². The van der Waals surface area contributed by atoms with Gasteiger partial charge in [-0.05, 0) is 37.6 Å². The Morgan fingerprint density at radius 1 is 1.20 bits per heavy atom. The second-order valence-electron chi connectivity index (χ2n) is 5.76. The third kappa shape index (κ3) is 5.77. The van der Waals surface area contributed by atoms with Crippen molar-refractivity contribution in [3.8, 4) is 11.4 Å². The summed E-state index contributed by atoms with van der Waals surface area (Å²) >= 11 is 1.40. The molecular formula is C18H26N4O2S. The van der Waals surface area contributed by atoms with E-state index in [0.717, 1.165) is 36.6 Å². The number of ether oxygens (including phenoxy) is 1. The van der Waals surface area contributed by atoms with E-state index in [0.29, 0.717) is 10.9 Å². The Hall–Kier alpha value is -2.02. The largest absolute Gasteiger partial charge is 0.497 e. The van der Waals surface area contributed by atoms with E-state index in [4.69, 9.17) is 4.74 Å². The lowest BCUT2D eigenvalue weighted by Gasteiger charge is -2.09. The number of carbonyl (C=O) groups is 1. The van der Waals surface area contributed by atoms with Crippen LogP contribution in [0.5, 0.6) is 5.75 Å². The quantitative estimate of drug-likeness (QED) is 0.518. The minimum Gasteiger partial charge on any atom is -0.497 e. The number of aryl methyl sites for hydroxylation is 1. The molecule has 0 saturated heterocycles. The molecule has 0 radical (unpaired) electrons. The van der Waals surface area contributed by atoms with Crippen molar-refractivity contribution in [2.75, 3.05) is 19.4 Å². The van der Waals surface area contributed by atoms with Gasteiger partial charge in [-0.2, -0.15) is 0 Å². The fraction of sp³-hybridized carbons (Fsp3) is 0.500. The molecule has 0 bridgehead atoms. The number of rotatable bonds is 10. The fourth-order valence-electron chi connectivity index (χ4n) is 2.43. The highest BCUT2D eigenvalue weighted by Crippen LogP contribution is 2.23. The molecule has 7 heteroatoms. The zero-order valence-electron chi connectivity index (χ0n) is 15.1. The Balaban J connectivity index is 1.91. The molecule has 136 valence electrons. The Kier molecular flexibility index (Phi) is 7.78. The highest BCUT2D eigenvalue weighted by Gasteiger charge is 2.13. The molecule has 1 heterocycles. The van der Waals surface area contributed by atoms with E-state index in [-0.39, 0.29) is 5.91 Å². The lowest BCUT2D eigenvalue weighted by molar-refractivity contribution is -0.118. The third-order valence-corrected chi connectivity index (χ3v) is 4.74. The summed E-state index contributed by atoms with van der Waals surface area (Å²) in [7, 11) is 1.64. The topological polar surface area (TPSA) is 69.0 Å². The molecule has 0 aliphatic rings. The summed E-state index contributed by atoms with van der Waals surface area (Å²) in [5, 5.41) is 12.0. The van der Waals surface area contributed by atoms with E-state index in [9.17, 15) is 4.79 Å². The van der Waals surface area contributed by atoms with Crippen molar-refractivity contribution in [2.24, 2.45) is 0 Å². The first-order valence-electron chi connectivity index (χ1n) is 8.61. The van der Waals surface area contributed by atoms with Gasteiger partial charge in [-0.3, -0.25) is 9.36 Å². The van der Waals surface area contributed by atoms with E-state index >= 15 is 0 Å². The van der Waals surface area contributed by atoms with E-state index in [1.165, 1.54) is 24.6 Å². The van der Waals surface area contributed by atoms with Crippen LogP contribution in [-0.2, 0) is 4.79 Å². The first-order valence-corrected chi connectivity index (χ1v) is 9.60. The van der Waals surface area contributed by atoms with Crippen molar-refractivity contribution in [2.45, 2.75) is 44.7 Å². The smallest absolute Gasteiger partial charge is 0.230 e. The number of methoxy groups -OCH3 is 1. The van der Waals surface area contributed by atoms with E-state index in [1.54, 1.807) is 7.11 Å². The average molecular weight is 362 g/mol. The summed E-state index contributed by atoms with van der Waals surface area (Å²) in [5.41, 5.74) is 0.950. The van der Waals surface area contributed by atoms with Crippen LogP contribution in [-0.4, -0.2) is 40.1 Å². The summed E-state index contributed by atoms with van der Waals surface area (Å²) in [4.78, 5) is 12.0. The van der Waals surface area contributed by atoms with Crippen LogP contribution >= 0.6 is 11.8 Å². The maximum atomic E-state index is 12.0. The third-order valence-electron chi connectivity index (χ3n) is 3.81. The van der Waals surface area contributed by atoms with E-state index in [1.807, 2.05) is 35.8 Å². The fourth-order valence-corrected chi connectivity index (χ4v) is 3.25. The molecule has 6 nitrogen and oxygen atoms in total. The van der Waals surface area contributed by atoms with Crippen molar-refractivity contribution >= 4 is 17.7 Å². The van der Waals surface area contributed by atoms with Gasteiger partial charge in [0.1, 0.15) is 11.6 Å². The first kappa shape index (κ1) is 19.3. The molecule has 1 N–H and O–H groups in total. The molecule has 25 heavy (non-hydrogen) atoms. The molecule has 0 atom stereocenters. The SMILES string of the molecule is CCCCCCNC(=O)CSc1nnc(C)n1-c1ccc(OC)cc1. The molecule has 2 rings (SSSR count). The number of carbonyl (C=O) groups excluding carboxylic acids is 1. The number of unbranched alkanes of at least 4 members (excludes halogenated alkanes) is 3. The molecule has 1 amide bonds. The lowest BCUT2D eigenvalue weighted by atomic mass is 10.2. The minimum absolute atomic E-state index is 0.0310. The number of thioether (sulfide) groups is 1. The Labute approximate surface area is 153 Å². The predicted molar refractivity (Wildman–Crippen MR) is 101 cm³/mol. The van der Waals surface area contributed by atoms with Crippen molar-refractivity contribution in [1.29, 1.82) is 0 Å².